The third kappa shape index (κ3) is 4.52. The molecule has 0 bridgehead atoms. The highest BCUT2D eigenvalue weighted by molar-refractivity contribution is 7.98. The Morgan fingerprint density at radius 3 is 2.58 bits per heavy atom. The maximum atomic E-state index is 5.69. The first-order valence-corrected chi connectivity index (χ1v) is 7.58. The molecule has 0 fully saturated rings. The minimum Gasteiger partial charge on any atom is -0.492 e. The molecular weight excluding hydrogens is 254 g/mol. The molecule has 2 nitrogen and oxygen atoms in total. The number of hydrogen-bond donors (Lipinski definition) is 1. The van der Waals surface area contributed by atoms with Crippen molar-refractivity contribution in [3.8, 4) is 5.75 Å². The molecule has 0 heterocycles. The third-order valence-corrected chi connectivity index (χ3v) is 3.52. The number of aryl methyl sites for hydroxylation is 1. The van der Waals surface area contributed by atoms with Crippen LogP contribution < -0.4 is 10.1 Å². The van der Waals surface area contributed by atoms with Crippen LogP contribution >= 0.6 is 11.8 Å². The first kappa shape index (κ1) is 13.8. The number of rotatable bonds is 6. The van der Waals surface area contributed by atoms with Gasteiger partial charge in [0.2, 0.25) is 0 Å². The number of thioether (sulfide) groups is 1. The molecule has 1 N–H and O–H groups in total. The van der Waals surface area contributed by atoms with Gasteiger partial charge in [-0.2, -0.15) is 0 Å². The second-order valence-corrected chi connectivity index (χ2v) is 5.20. The van der Waals surface area contributed by atoms with Gasteiger partial charge in [-0.25, -0.2) is 0 Å². The molecule has 0 radical (unpaired) electrons. The van der Waals surface area contributed by atoms with Gasteiger partial charge in [-0.3, -0.25) is 0 Å². The van der Waals surface area contributed by atoms with E-state index in [1.165, 1.54) is 10.5 Å². The molecule has 0 aromatic heterocycles. The topological polar surface area (TPSA) is 21.3 Å². The Morgan fingerprint density at radius 1 is 1.11 bits per heavy atom. The first-order valence-electron chi connectivity index (χ1n) is 6.35. The lowest BCUT2D eigenvalue weighted by molar-refractivity contribution is 0.332. The van der Waals surface area contributed by atoms with Crippen molar-refractivity contribution in [2.24, 2.45) is 0 Å². The largest absolute Gasteiger partial charge is 0.492 e. The van der Waals surface area contributed by atoms with E-state index in [4.69, 9.17) is 4.74 Å². The molecule has 3 heteroatoms. The summed E-state index contributed by atoms with van der Waals surface area (Å²) in [4.78, 5) is 1.25. The van der Waals surface area contributed by atoms with Crippen molar-refractivity contribution in [2.75, 3.05) is 24.7 Å². The van der Waals surface area contributed by atoms with E-state index in [9.17, 15) is 0 Å². The summed E-state index contributed by atoms with van der Waals surface area (Å²) in [7, 11) is 0. The Balaban J connectivity index is 1.74. The predicted molar refractivity (Wildman–Crippen MR) is 83.4 cm³/mol. The van der Waals surface area contributed by atoms with E-state index in [2.05, 4.69) is 54.9 Å². The highest BCUT2D eigenvalue weighted by Gasteiger charge is 1.95. The first-order chi connectivity index (χ1) is 9.28. The maximum Gasteiger partial charge on any atom is 0.119 e. The van der Waals surface area contributed by atoms with Gasteiger partial charge < -0.3 is 10.1 Å². The van der Waals surface area contributed by atoms with Crippen molar-refractivity contribution in [2.45, 2.75) is 11.8 Å². The molecule has 0 saturated heterocycles. The summed E-state index contributed by atoms with van der Waals surface area (Å²) >= 11 is 1.74. The van der Waals surface area contributed by atoms with Gasteiger partial charge in [0.05, 0.1) is 0 Å². The van der Waals surface area contributed by atoms with E-state index in [1.807, 2.05) is 12.1 Å². The highest BCUT2D eigenvalue weighted by Crippen LogP contribution is 2.18. The molecule has 0 aliphatic carbocycles. The summed E-state index contributed by atoms with van der Waals surface area (Å²) in [6.45, 7) is 3.55. The molecule has 0 atom stereocenters. The van der Waals surface area contributed by atoms with Crippen LogP contribution in [-0.2, 0) is 0 Å². The van der Waals surface area contributed by atoms with E-state index >= 15 is 0 Å². The molecule has 100 valence electrons. The van der Waals surface area contributed by atoms with Crippen LogP contribution in [0.4, 0.5) is 5.69 Å². The summed E-state index contributed by atoms with van der Waals surface area (Å²) < 4.78 is 5.69. The van der Waals surface area contributed by atoms with Gasteiger partial charge in [-0.15, -0.1) is 11.8 Å². The predicted octanol–water partition coefficient (Wildman–Crippen LogP) is 4.21. The average molecular weight is 273 g/mol. The molecule has 2 aromatic rings. The van der Waals surface area contributed by atoms with Gasteiger partial charge in [0.1, 0.15) is 12.4 Å². The van der Waals surface area contributed by atoms with Crippen LogP contribution in [0.15, 0.2) is 53.4 Å². The Bertz CT molecular complexity index is 510. The van der Waals surface area contributed by atoms with Crippen molar-refractivity contribution in [3.63, 3.8) is 0 Å². The molecule has 2 rings (SSSR count). The molecular formula is C16H19NOS. The monoisotopic (exact) mass is 273 g/mol. The standard InChI is InChI=1S/C16H19NOS/c1-13-4-3-5-14(12-13)17-10-11-18-15-6-8-16(19-2)9-7-15/h3-9,12,17H,10-11H2,1-2H3. The Labute approximate surface area is 119 Å². The Kier molecular flexibility index (Phi) is 5.16. The quantitative estimate of drug-likeness (QED) is 0.629. The van der Waals surface area contributed by atoms with Gasteiger partial charge >= 0.3 is 0 Å². The van der Waals surface area contributed by atoms with E-state index in [0.29, 0.717) is 6.61 Å². The molecule has 0 unspecified atom stereocenters. The van der Waals surface area contributed by atoms with Crippen molar-refractivity contribution in [1.29, 1.82) is 0 Å². The molecule has 2 aromatic carbocycles. The number of hydrogen-bond acceptors (Lipinski definition) is 3. The minimum atomic E-state index is 0.659. The summed E-state index contributed by atoms with van der Waals surface area (Å²) in [5, 5.41) is 3.35. The van der Waals surface area contributed by atoms with Crippen LogP contribution in [-0.4, -0.2) is 19.4 Å². The SMILES string of the molecule is CSc1ccc(OCCNc2cccc(C)c2)cc1. The Hall–Kier alpha value is -1.61. The second kappa shape index (κ2) is 7.10. The van der Waals surface area contributed by atoms with Crippen LogP contribution in [0.2, 0.25) is 0 Å². The van der Waals surface area contributed by atoms with Crippen molar-refractivity contribution in [3.05, 3.63) is 54.1 Å². The number of anilines is 1. The van der Waals surface area contributed by atoms with Gasteiger partial charge in [-0.05, 0) is 55.1 Å². The number of nitrogens with one attached hydrogen (secondary N) is 1. The molecule has 19 heavy (non-hydrogen) atoms. The lowest BCUT2D eigenvalue weighted by atomic mass is 10.2. The zero-order valence-corrected chi connectivity index (χ0v) is 12.2. The summed E-state index contributed by atoms with van der Waals surface area (Å²) in [5.41, 5.74) is 2.40. The van der Waals surface area contributed by atoms with Crippen LogP contribution in [0.3, 0.4) is 0 Å². The van der Waals surface area contributed by atoms with Gasteiger partial charge in [-0.1, -0.05) is 12.1 Å². The van der Waals surface area contributed by atoms with Crippen molar-refractivity contribution >= 4 is 17.4 Å². The fourth-order valence-electron chi connectivity index (χ4n) is 1.79. The zero-order chi connectivity index (χ0) is 13.5. The molecule has 0 spiro atoms. The minimum absolute atomic E-state index is 0.659. The Morgan fingerprint density at radius 2 is 1.89 bits per heavy atom. The van der Waals surface area contributed by atoms with E-state index in [0.717, 1.165) is 18.0 Å². The van der Waals surface area contributed by atoms with Gasteiger partial charge in [0.25, 0.3) is 0 Å². The lowest BCUT2D eigenvalue weighted by Gasteiger charge is -2.09. The summed E-state index contributed by atoms with van der Waals surface area (Å²) in [6, 6.07) is 16.5. The normalized spacial score (nSPS) is 10.2. The van der Waals surface area contributed by atoms with Crippen LogP contribution in [0, 0.1) is 6.92 Å². The highest BCUT2D eigenvalue weighted by atomic mass is 32.2. The maximum absolute atomic E-state index is 5.69. The van der Waals surface area contributed by atoms with E-state index < -0.39 is 0 Å². The molecule has 0 saturated carbocycles. The van der Waals surface area contributed by atoms with E-state index in [1.54, 1.807) is 11.8 Å². The summed E-state index contributed by atoms with van der Waals surface area (Å²) in [5.74, 6) is 0.920. The van der Waals surface area contributed by atoms with Crippen molar-refractivity contribution < 1.29 is 4.74 Å². The van der Waals surface area contributed by atoms with Crippen LogP contribution in [0.5, 0.6) is 5.75 Å². The van der Waals surface area contributed by atoms with E-state index in [-0.39, 0.29) is 0 Å². The van der Waals surface area contributed by atoms with Crippen LogP contribution in [0.25, 0.3) is 0 Å². The second-order valence-electron chi connectivity index (χ2n) is 4.32. The molecule has 0 aliphatic rings. The van der Waals surface area contributed by atoms with Gasteiger partial charge in [0.15, 0.2) is 0 Å². The molecule has 0 amide bonds. The zero-order valence-electron chi connectivity index (χ0n) is 11.3. The molecule has 0 aliphatic heterocycles. The number of ether oxygens (including phenoxy) is 1. The van der Waals surface area contributed by atoms with Crippen molar-refractivity contribution in [1.82, 2.24) is 0 Å². The average Bonchev–Trinajstić information content (AvgIpc) is 2.44. The third-order valence-electron chi connectivity index (χ3n) is 2.78. The smallest absolute Gasteiger partial charge is 0.119 e. The summed E-state index contributed by atoms with van der Waals surface area (Å²) in [6.07, 6.45) is 2.07. The fraction of sp³-hybridized carbons (Fsp3) is 0.250. The number of benzene rings is 2. The fourth-order valence-corrected chi connectivity index (χ4v) is 2.20. The van der Waals surface area contributed by atoms with Crippen LogP contribution in [0.1, 0.15) is 5.56 Å². The van der Waals surface area contributed by atoms with Gasteiger partial charge in [0, 0.05) is 17.1 Å². The lowest BCUT2D eigenvalue weighted by Crippen LogP contribution is -2.11.